The minimum atomic E-state index is -0.806. The summed E-state index contributed by atoms with van der Waals surface area (Å²) in [4.78, 5) is 40.2. The highest BCUT2D eigenvalue weighted by Crippen LogP contribution is 2.27. The molecule has 162 valence electrons. The Balaban J connectivity index is 1.82. The highest BCUT2D eigenvalue weighted by Gasteiger charge is 2.29. The summed E-state index contributed by atoms with van der Waals surface area (Å²) in [5.41, 5.74) is 1.54. The lowest BCUT2D eigenvalue weighted by atomic mass is 10.1. The smallest absolute Gasteiger partial charge is 0.335 e. The zero-order valence-electron chi connectivity index (χ0n) is 17.5. The number of carbonyl (C=O) groups is 1. The number of hydrogen-bond acceptors (Lipinski definition) is 5. The van der Waals surface area contributed by atoms with Gasteiger partial charge in [-0.15, -0.1) is 0 Å². The summed E-state index contributed by atoms with van der Waals surface area (Å²) in [6, 6.07) is 12.3. The number of aromatic hydroxyl groups is 1. The van der Waals surface area contributed by atoms with Gasteiger partial charge in [-0.2, -0.15) is 10.1 Å². The molecule has 0 unspecified atom stereocenters. The van der Waals surface area contributed by atoms with E-state index in [1.807, 2.05) is 26.0 Å². The van der Waals surface area contributed by atoms with Crippen molar-refractivity contribution < 1.29 is 9.90 Å². The molecule has 1 amide bonds. The first-order chi connectivity index (χ1) is 15.2. The van der Waals surface area contributed by atoms with Crippen LogP contribution in [-0.2, 0) is 4.79 Å². The Morgan fingerprint density at radius 2 is 1.66 bits per heavy atom. The zero-order valence-corrected chi connectivity index (χ0v) is 19.1. The third-order valence-corrected chi connectivity index (χ3v) is 6.04. The number of aromatic nitrogens is 2. The second-order valence-corrected chi connectivity index (χ2v) is 8.32. The van der Waals surface area contributed by atoms with Crippen LogP contribution in [0.25, 0.3) is 11.8 Å². The van der Waals surface area contributed by atoms with Gasteiger partial charge < -0.3 is 5.11 Å². The van der Waals surface area contributed by atoms with Gasteiger partial charge in [-0.05, 0) is 62.7 Å². The number of benzene rings is 2. The van der Waals surface area contributed by atoms with Crippen LogP contribution in [0.5, 0.6) is 5.88 Å². The second kappa shape index (κ2) is 8.08. The van der Waals surface area contributed by atoms with Gasteiger partial charge in [-0.25, -0.2) is 9.36 Å². The SMILES string of the molecule is CC1=NN(c2ccc(C)cc2)C(=O)/C1=C/c1c(O)n(-c2ccc(Br)c(C)c2)c(=O)[nH]c1=O. The van der Waals surface area contributed by atoms with Gasteiger partial charge in [0.15, 0.2) is 0 Å². The van der Waals surface area contributed by atoms with Gasteiger partial charge in [0.2, 0.25) is 5.88 Å². The van der Waals surface area contributed by atoms with Gasteiger partial charge in [-0.3, -0.25) is 14.6 Å². The van der Waals surface area contributed by atoms with Crippen molar-refractivity contribution in [3.05, 3.63) is 90.0 Å². The van der Waals surface area contributed by atoms with Crippen LogP contribution < -0.4 is 16.3 Å². The predicted molar refractivity (Wildman–Crippen MR) is 127 cm³/mol. The number of halogens is 1. The van der Waals surface area contributed by atoms with Crippen LogP contribution in [0, 0.1) is 13.8 Å². The van der Waals surface area contributed by atoms with Crippen LogP contribution in [0.3, 0.4) is 0 Å². The molecule has 1 aromatic heterocycles. The monoisotopic (exact) mass is 494 g/mol. The normalized spacial score (nSPS) is 14.9. The van der Waals surface area contributed by atoms with Crippen LogP contribution in [-0.4, -0.2) is 26.3 Å². The van der Waals surface area contributed by atoms with Gasteiger partial charge in [0.25, 0.3) is 11.5 Å². The van der Waals surface area contributed by atoms with E-state index in [2.05, 4.69) is 26.0 Å². The fraction of sp³-hybridized carbons (Fsp3) is 0.130. The summed E-state index contributed by atoms with van der Waals surface area (Å²) in [5, 5.41) is 16.4. The number of hydrogen-bond donors (Lipinski definition) is 2. The molecule has 0 fully saturated rings. The molecule has 0 saturated carbocycles. The van der Waals surface area contributed by atoms with Crippen molar-refractivity contribution in [2.24, 2.45) is 5.10 Å². The van der Waals surface area contributed by atoms with Crippen molar-refractivity contribution in [1.29, 1.82) is 0 Å². The molecule has 2 N–H and O–H groups in total. The van der Waals surface area contributed by atoms with Crippen molar-refractivity contribution >= 4 is 39.3 Å². The maximum Gasteiger partial charge on any atom is 0.335 e. The summed E-state index contributed by atoms with van der Waals surface area (Å²) in [5.74, 6) is -1.01. The molecule has 0 radical (unpaired) electrons. The highest BCUT2D eigenvalue weighted by molar-refractivity contribution is 9.10. The molecule has 3 aromatic rings. The lowest BCUT2D eigenvalue weighted by Crippen LogP contribution is -2.30. The number of rotatable bonds is 3. The third kappa shape index (κ3) is 3.71. The van der Waals surface area contributed by atoms with Crippen molar-refractivity contribution in [1.82, 2.24) is 9.55 Å². The number of carbonyl (C=O) groups excluding carboxylic acids is 1. The first-order valence-corrected chi connectivity index (χ1v) is 10.5. The molecule has 4 rings (SSSR count). The maximum absolute atomic E-state index is 13.0. The highest BCUT2D eigenvalue weighted by atomic mass is 79.9. The van der Waals surface area contributed by atoms with Crippen LogP contribution in [0.1, 0.15) is 23.6 Å². The van der Waals surface area contributed by atoms with Gasteiger partial charge in [-0.1, -0.05) is 33.6 Å². The molecular formula is C23H19BrN4O4. The summed E-state index contributed by atoms with van der Waals surface area (Å²) >= 11 is 3.39. The van der Waals surface area contributed by atoms with E-state index >= 15 is 0 Å². The molecule has 9 heteroatoms. The van der Waals surface area contributed by atoms with Crippen LogP contribution in [0.2, 0.25) is 0 Å². The van der Waals surface area contributed by atoms with E-state index < -0.39 is 23.0 Å². The number of hydrazone groups is 1. The van der Waals surface area contributed by atoms with Crippen molar-refractivity contribution in [2.45, 2.75) is 20.8 Å². The Hall–Kier alpha value is -3.72. The number of amides is 1. The van der Waals surface area contributed by atoms with E-state index in [1.165, 1.54) is 11.1 Å². The van der Waals surface area contributed by atoms with E-state index in [1.54, 1.807) is 37.3 Å². The molecule has 1 aliphatic heterocycles. The summed E-state index contributed by atoms with van der Waals surface area (Å²) in [6.07, 6.45) is 1.26. The standard InChI is InChI=1S/C23H19BrN4O4/c1-12-4-6-15(7-5-12)28-22(31)17(14(3)26-28)11-18-20(29)25-23(32)27(21(18)30)16-8-9-19(24)13(2)10-16/h4-11,30H,1-3H3,(H,25,29,32)/b17-11+. The average Bonchev–Trinajstić information content (AvgIpc) is 3.02. The fourth-order valence-corrected chi connectivity index (χ4v) is 3.61. The lowest BCUT2D eigenvalue weighted by Gasteiger charge is -2.12. The zero-order chi connectivity index (χ0) is 23.2. The van der Waals surface area contributed by atoms with Gasteiger partial charge >= 0.3 is 5.69 Å². The summed E-state index contributed by atoms with van der Waals surface area (Å²) in [6.45, 7) is 5.41. The molecule has 0 atom stereocenters. The molecule has 0 saturated heterocycles. The van der Waals surface area contributed by atoms with Crippen LogP contribution in [0.15, 0.2) is 67.2 Å². The molecular weight excluding hydrogens is 476 g/mol. The van der Waals surface area contributed by atoms with Gasteiger partial charge in [0.1, 0.15) is 5.56 Å². The third-order valence-electron chi connectivity index (χ3n) is 5.15. The predicted octanol–water partition coefficient (Wildman–Crippen LogP) is 3.42. The largest absolute Gasteiger partial charge is 0.494 e. The van der Waals surface area contributed by atoms with E-state index in [-0.39, 0.29) is 11.1 Å². The number of anilines is 1. The summed E-state index contributed by atoms with van der Waals surface area (Å²) < 4.78 is 1.82. The van der Waals surface area contributed by atoms with Gasteiger partial charge in [0, 0.05) is 4.47 Å². The molecule has 32 heavy (non-hydrogen) atoms. The van der Waals surface area contributed by atoms with Crippen molar-refractivity contribution in [3.8, 4) is 11.6 Å². The number of aryl methyl sites for hydroxylation is 2. The minimum Gasteiger partial charge on any atom is -0.494 e. The van der Waals surface area contributed by atoms with Crippen molar-refractivity contribution in [3.63, 3.8) is 0 Å². The number of nitrogens with one attached hydrogen (secondary N) is 1. The molecule has 0 spiro atoms. The average molecular weight is 495 g/mol. The first kappa shape index (κ1) is 21.5. The molecule has 0 aliphatic carbocycles. The topological polar surface area (TPSA) is 108 Å². The quantitative estimate of drug-likeness (QED) is 0.543. The molecule has 2 heterocycles. The number of aromatic amines is 1. The Morgan fingerprint density at radius 3 is 2.31 bits per heavy atom. The Kier molecular flexibility index (Phi) is 5.43. The van der Waals surface area contributed by atoms with Crippen molar-refractivity contribution in [2.75, 3.05) is 5.01 Å². The van der Waals surface area contributed by atoms with E-state index in [4.69, 9.17) is 0 Å². The Morgan fingerprint density at radius 1 is 1.00 bits per heavy atom. The number of nitrogens with zero attached hydrogens (tertiary/aromatic N) is 3. The minimum absolute atomic E-state index is 0.142. The molecule has 8 nitrogen and oxygen atoms in total. The Labute approximate surface area is 191 Å². The summed E-state index contributed by atoms with van der Waals surface area (Å²) in [7, 11) is 0. The fourth-order valence-electron chi connectivity index (χ4n) is 3.37. The lowest BCUT2D eigenvalue weighted by molar-refractivity contribution is -0.114. The van der Waals surface area contributed by atoms with Gasteiger partial charge in [0.05, 0.1) is 22.7 Å². The molecule has 1 aliphatic rings. The number of H-pyrrole nitrogens is 1. The first-order valence-electron chi connectivity index (χ1n) is 9.70. The molecule has 2 aromatic carbocycles. The van der Waals surface area contributed by atoms with E-state index in [9.17, 15) is 19.5 Å². The van der Waals surface area contributed by atoms with Crippen LogP contribution in [0.4, 0.5) is 5.69 Å². The maximum atomic E-state index is 13.0. The van der Waals surface area contributed by atoms with E-state index in [0.29, 0.717) is 17.1 Å². The van der Waals surface area contributed by atoms with E-state index in [0.717, 1.165) is 20.2 Å². The Bertz CT molecular complexity index is 1430. The second-order valence-electron chi connectivity index (χ2n) is 7.46. The molecule has 0 bridgehead atoms. The van der Waals surface area contributed by atoms with Crippen LogP contribution >= 0.6 is 15.9 Å².